The molecular weight excluding hydrogens is 446 g/mol. The van der Waals surface area contributed by atoms with Gasteiger partial charge in [0.05, 0.1) is 12.1 Å². The van der Waals surface area contributed by atoms with E-state index in [1.54, 1.807) is 4.90 Å². The van der Waals surface area contributed by atoms with Crippen molar-refractivity contribution in [3.8, 4) is 5.69 Å². The maximum Gasteiger partial charge on any atom is 0.414 e. The van der Waals surface area contributed by atoms with E-state index in [9.17, 15) is 9.59 Å². The van der Waals surface area contributed by atoms with Gasteiger partial charge >= 0.3 is 6.09 Å². The molecule has 0 unspecified atom stereocenters. The van der Waals surface area contributed by atoms with Gasteiger partial charge in [0.2, 0.25) is 0 Å². The third kappa shape index (κ3) is 3.98. The summed E-state index contributed by atoms with van der Waals surface area (Å²) in [5.74, 6) is -0.127. The maximum absolute atomic E-state index is 12.9. The first kappa shape index (κ1) is 20.2. The Morgan fingerprint density at radius 3 is 2.57 bits per heavy atom. The maximum atomic E-state index is 12.9. The summed E-state index contributed by atoms with van der Waals surface area (Å²) in [4.78, 5) is 26.2. The van der Waals surface area contributed by atoms with Crippen LogP contribution in [0.1, 0.15) is 27.3 Å². The molecule has 1 aliphatic rings. The zero-order valence-corrected chi connectivity index (χ0v) is 18.4. The fraction of sp³-hybridized carbons (Fsp3) is 0.217. The number of anilines is 1. The molecule has 1 saturated heterocycles. The lowest BCUT2D eigenvalue weighted by Crippen LogP contribution is -2.25. The van der Waals surface area contributed by atoms with Crippen LogP contribution in [-0.2, 0) is 11.3 Å². The first-order valence-corrected chi connectivity index (χ1v) is 10.5. The fourth-order valence-electron chi connectivity index (χ4n) is 3.72. The van der Waals surface area contributed by atoms with E-state index < -0.39 is 0 Å². The number of amides is 2. The second kappa shape index (κ2) is 8.36. The Hall–Kier alpha value is -3.06. The Morgan fingerprint density at radius 2 is 1.87 bits per heavy atom. The highest BCUT2D eigenvalue weighted by atomic mass is 79.9. The summed E-state index contributed by atoms with van der Waals surface area (Å²) in [6.07, 6.45) is -0.337. The summed E-state index contributed by atoms with van der Waals surface area (Å²) >= 11 is 3.45. The van der Waals surface area contributed by atoms with Gasteiger partial charge in [0.15, 0.2) is 0 Å². The van der Waals surface area contributed by atoms with Crippen LogP contribution in [0, 0.1) is 13.8 Å². The summed E-state index contributed by atoms with van der Waals surface area (Å²) in [5, 5.41) is 2.99. The van der Waals surface area contributed by atoms with Gasteiger partial charge in [0.25, 0.3) is 5.91 Å². The van der Waals surface area contributed by atoms with Crippen molar-refractivity contribution in [3.63, 3.8) is 0 Å². The van der Waals surface area contributed by atoms with Crippen molar-refractivity contribution in [3.05, 3.63) is 81.6 Å². The minimum Gasteiger partial charge on any atom is -0.447 e. The van der Waals surface area contributed by atoms with Gasteiger partial charge in [0, 0.05) is 33.8 Å². The predicted octanol–water partition coefficient (Wildman–Crippen LogP) is 4.74. The molecule has 0 spiro atoms. The molecule has 3 aromatic rings. The lowest BCUT2D eigenvalue weighted by molar-refractivity contribution is 0.0950. The number of carbonyl (C=O) groups excluding carboxylic acids is 2. The highest BCUT2D eigenvalue weighted by Gasteiger charge is 2.23. The smallest absolute Gasteiger partial charge is 0.414 e. The molecule has 30 heavy (non-hydrogen) atoms. The molecule has 154 valence electrons. The monoisotopic (exact) mass is 467 g/mol. The van der Waals surface area contributed by atoms with Crippen LogP contribution in [0.25, 0.3) is 5.69 Å². The number of nitrogens with zero attached hydrogens (tertiary/aromatic N) is 2. The third-order valence-corrected chi connectivity index (χ3v) is 5.73. The molecule has 7 heteroatoms. The average molecular weight is 468 g/mol. The average Bonchev–Trinajstić information content (AvgIpc) is 3.30. The highest BCUT2D eigenvalue weighted by molar-refractivity contribution is 9.10. The summed E-state index contributed by atoms with van der Waals surface area (Å²) in [6.45, 7) is 5.25. The topological polar surface area (TPSA) is 63.6 Å². The van der Waals surface area contributed by atoms with Crippen molar-refractivity contribution in [1.29, 1.82) is 0 Å². The van der Waals surface area contributed by atoms with Crippen molar-refractivity contribution in [2.45, 2.75) is 20.4 Å². The number of hydrogen-bond acceptors (Lipinski definition) is 3. The van der Waals surface area contributed by atoms with Crippen LogP contribution in [0.3, 0.4) is 0 Å². The normalized spacial score (nSPS) is 13.4. The molecule has 4 rings (SSSR count). The number of aromatic nitrogens is 1. The van der Waals surface area contributed by atoms with Crippen molar-refractivity contribution >= 4 is 33.6 Å². The van der Waals surface area contributed by atoms with Gasteiger partial charge in [-0.3, -0.25) is 9.69 Å². The van der Waals surface area contributed by atoms with Crippen LogP contribution in [0.2, 0.25) is 0 Å². The molecule has 1 fully saturated rings. The van der Waals surface area contributed by atoms with Crippen molar-refractivity contribution < 1.29 is 14.3 Å². The van der Waals surface area contributed by atoms with Crippen LogP contribution in [-0.4, -0.2) is 29.7 Å². The molecule has 1 aromatic heterocycles. The SMILES string of the molecule is Cc1cc(C(=O)NCc2cccc(N3CCOC3=O)c2)c(C)n1-c1ccc(Br)cc1. The number of halogens is 1. The number of cyclic esters (lactones) is 1. The van der Waals surface area contributed by atoms with E-state index in [1.807, 2.05) is 68.4 Å². The molecule has 0 atom stereocenters. The van der Waals surface area contributed by atoms with Crippen molar-refractivity contribution in [2.24, 2.45) is 0 Å². The second-order valence-corrected chi connectivity index (χ2v) is 8.13. The highest BCUT2D eigenvalue weighted by Crippen LogP contribution is 2.23. The largest absolute Gasteiger partial charge is 0.447 e. The minimum atomic E-state index is -0.337. The molecular formula is C23H22BrN3O3. The Kier molecular flexibility index (Phi) is 5.63. The number of nitrogens with one attached hydrogen (secondary N) is 1. The van der Waals surface area contributed by atoms with Crippen LogP contribution < -0.4 is 10.2 Å². The van der Waals surface area contributed by atoms with E-state index in [1.165, 1.54) is 0 Å². The molecule has 1 aliphatic heterocycles. The summed E-state index contributed by atoms with van der Waals surface area (Å²) in [5.41, 5.74) is 5.24. The molecule has 2 aromatic carbocycles. The van der Waals surface area contributed by atoms with Gasteiger partial charge in [-0.2, -0.15) is 0 Å². The molecule has 1 N–H and O–H groups in total. The van der Waals surface area contributed by atoms with E-state index >= 15 is 0 Å². The molecule has 0 bridgehead atoms. The summed E-state index contributed by atoms with van der Waals surface area (Å²) in [6, 6.07) is 17.5. The molecule has 2 heterocycles. The van der Waals surface area contributed by atoms with Gasteiger partial charge < -0.3 is 14.6 Å². The van der Waals surface area contributed by atoms with E-state index in [2.05, 4.69) is 25.8 Å². The van der Waals surface area contributed by atoms with E-state index in [4.69, 9.17) is 4.74 Å². The van der Waals surface area contributed by atoms with Gasteiger partial charge in [-0.05, 0) is 61.9 Å². The lowest BCUT2D eigenvalue weighted by Gasteiger charge is -2.14. The first-order chi connectivity index (χ1) is 14.4. The molecule has 0 aliphatic carbocycles. The fourth-order valence-corrected chi connectivity index (χ4v) is 3.98. The van der Waals surface area contributed by atoms with Gasteiger partial charge in [-0.1, -0.05) is 28.1 Å². The van der Waals surface area contributed by atoms with E-state index in [-0.39, 0.29) is 12.0 Å². The van der Waals surface area contributed by atoms with Gasteiger partial charge in [-0.25, -0.2) is 4.79 Å². The molecule has 6 nitrogen and oxygen atoms in total. The molecule has 2 amide bonds. The number of ether oxygens (including phenoxy) is 1. The zero-order chi connectivity index (χ0) is 21.3. The Bertz CT molecular complexity index is 1110. The zero-order valence-electron chi connectivity index (χ0n) is 16.8. The number of benzene rings is 2. The Balaban J connectivity index is 1.49. The van der Waals surface area contributed by atoms with Crippen molar-refractivity contribution in [2.75, 3.05) is 18.1 Å². The lowest BCUT2D eigenvalue weighted by atomic mass is 10.1. The van der Waals surface area contributed by atoms with Crippen LogP contribution in [0.4, 0.5) is 10.5 Å². The Labute approximate surface area is 183 Å². The quantitative estimate of drug-likeness (QED) is 0.588. The van der Waals surface area contributed by atoms with Crippen molar-refractivity contribution in [1.82, 2.24) is 9.88 Å². The van der Waals surface area contributed by atoms with Gasteiger partial charge in [0.1, 0.15) is 6.61 Å². The Morgan fingerprint density at radius 1 is 1.10 bits per heavy atom. The summed E-state index contributed by atoms with van der Waals surface area (Å²) in [7, 11) is 0. The molecule has 0 radical (unpaired) electrons. The number of carbonyl (C=O) groups is 2. The summed E-state index contributed by atoms with van der Waals surface area (Å²) < 4.78 is 8.08. The predicted molar refractivity (Wildman–Crippen MR) is 119 cm³/mol. The number of rotatable bonds is 5. The van der Waals surface area contributed by atoms with Gasteiger partial charge in [-0.15, -0.1) is 0 Å². The van der Waals surface area contributed by atoms with Crippen LogP contribution in [0.15, 0.2) is 59.1 Å². The molecule has 0 saturated carbocycles. The van der Waals surface area contributed by atoms with E-state index in [0.717, 1.165) is 32.8 Å². The number of hydrogen-bond donors (Lipinski definition) is 1. The third-order valence-electron chi connectivity index (χ3n) is 5.20. The van der Waals surface area contributed by atoms with E-state index in [0.29, 0.717) is 25.3 Å². The standard InChI is InChI=1S/C23H22BrN3O3/c1-15-12-21(16(2)27(15)19-8-6-18(24)7-9-19)22(28)25-14-17-4-3-5-20(13-17)26-10-11-30-23(26)29/h3-9,12-13H,10-11,14H2,1-2H3,(H,25,28). The first-order valence-electron chi connectivity index (χ1n) is 9.70. The number of aryl methyl sites for hydroxylation is 1. The van der Waals surface area contributed by atoms with Crippen LogP contribution >= 0.6 is 15.9 Å². The van der Waals surface area contributed by atoms with Crippen LogP contribution in [0.5, 0.6) is 0 Å². The minimum absolute atomic E-state index is 0.127. The second-order valence-electron chi connectivity index (χ2n) is 7.22.